The first-order chi connectivity index (χ1) is 11.2. The number of carbonyl (C=O) groups excluding carboxylic acids is 1. The molecule has 0 aromatic heterocycles. The molecule has 128 valence electrons. The summed E-state index contributed by atoms with van der Waals surface area (Å²) in [5.41, 5.74) is 1.21. The molecular weight excluding hydrogens is 292 g/mol. The molecule has 1 aliphatic rings. The highest BCUT2D eigenvalue weighted by molar-refractivity contribution is 5.67. The van der Waals surface area contributed by atoms with Crippen molar-refractivity contribution in [3.05, 3.63) is 29.8 Å². The number of hydrogen-bond donors (Lipinski definition) is 1. The van der Waals surface area contributed by atoms with Crippen molar-refractivity contribution in [2.45, 2.75) is 45.2 Å². The summed E-state index contributed by atoms with van der Waals surface area (Å²) >= 11 is 0. The second kappa shape index (κ2) is 9.40. The van der Waals surface area contributed by atoms with Gasteiger partial charge in [-0.2, -0.15) is 0 Å². The lowest BCUT2D eigenvalue weighted by Crippen LogP contribution is -2.44. The average molecular weight is 320 g/mol. The zero-order chi connectivity index (χ0) is 16.5. The minimum Gasteiger partial charge on any atom is -0.496 e. The standard InChI is InChI=1S/C18H28N2O3/c1-3-4-13-23-18(21)19-16-9-11-20(12-10-16)14-15-7-5-6-8-17(15)22-2/h5-8,16H,3-4,9-14H2,1-2H3,(H,19,21). The minimum atomic E-state index is -0.276. The van der Waals surface area contributed by atoms with Crippen molar-refractivity contribution in [1.82, 2.24) is 10.2 Å². The zero-order valence-electron chi connectivity index (χ0n) is 14.2. The summed E-state index contributed by atoms with van der Waals surface area (Å²) in [5.74, 6) is 0.937. The molecule has 1 amide bonds. The zero-order valence-corrected chi connectivity index (χ0v) is 14.2. The summed E-state index contributed by atoms with van der Waals surface area (Å²) in [4.78, 5) is 14.1. The monoisotopic (exact) mass is 320 g/mol. The Kier molecular flexibility index (Phi) is 7.20. The number of alkyl carbamates (subject to hydrolysis) is 1. The van der Waals surface area contributed by atoms with Gasteiger partial charge in [0.05, 0.1) is 13.7 Å². The van der Waals surface area contributed by atoms with Crippen molar-refractivity contribution >= 4 is 6.09 Å². The quantitative estimate of drug-likeness (QED) is 0.784. The molecule has 1 heterocycles. The molecule has 1 aliphatic heterocycles. The van der Waals surface area contributed by atoms with Crippen molar-refractivity contribution < 1.29 is 14.3 Å². The van der Waals surface area contributed by atoms with E-state index in [-0.39, 0.29) is 12.1 Å². The Hall–Kier alpha value is -1.75. The van der Waals surface area contributed by atoms with Crippen LogP contribution in [0.2, 0.25) is 0 Å². The van der Waals surface area contributed by atoms with E-state index in [0.717, 1.165) is 51.1 Å². The van der Waals surface area contributed by atoms with Gasteiger partial charge in [0.25, 0.3) is 0 Å². The number of rotatable bonds is 7. The number of nitrogens with zero attached hydrogens (tertiary/aromatic N) is 1. The molecule has 0 radical (unpaired) electrons. The van der Waals surface area contributed by atoms with Gasteiger partial charge in [0, 0.05) is 31.2 Å². The number of ether oxygens (including phenoxy) is 2. The van der Waals surface area contributed by atoms with Crippen LogP contribution in [0.25, 0.3) is 0 Å². The van der Waals surface area contributed by atoms with Gasteiger partial charge >= 0.3 is 6.09 Å². The fourth-order valence-corrected chi connectivity index (χ4v) is 2.83. The molecular formula is C18H28N2O3. The van der Waals surface area contributed by atoms with Gasteiger partial charge in [-0.3, -0.25) is 4.90 Å². The number of likely N-dealkylation sites (tertiary alicyclic amines) is 1. The number of piperidine rings is 1. The minimum absolute atomic E-state index is 0.220. The SMILES string of the molecule is CCCCOC(=O)NC1CCN(Cc2ccccc2OC)CC1. The van der Waals surface area contributed by atoms with E-state index in [9.17, 15) is 4.79 Å². The molecule has 5 heteroatoms. The van der Waals surface area contributed by atoms with Gasteiger partial charge in [-0.1, -0.05) is 31.5 Å². The molecule has 0 spiro atoms. The highest BCUT2D eigenvalue weighted by atomic mass is 16.5. The van der Waals surface area contributed by atoms with Gasteiger partial charge in [0.2, 0.25) is 0 Å². The van der Waals surface area contributed by atoms with Crippen LogP contribution in [0, 0.1) is 0 Å². The van der Waals surface area contributed by atoms with Crippen LogP contribution in [0.5, 0.6) is 5.75 Å². The van der Waals surface area contributed by atoms with E-state index >= 15 is 0 Å². The Morgan fingerprint density at radius 2 is 2.04 bits per heavy atom. The molecule has 1 N–H and O–H groups in total. The maximum atomic E-state index is 11.7. The molecule has 2 rings (SSSR count). The van der Waals surface area contributed by atoms with Gasteiger partial charge in [0.15, 0.2) is 0 Å². The summed E-state index contributed by atoms with van der Waals surface area (Å²) in [6, 6.07) is 8.35. The molecule has 1 fully saturated rings. The predicted molar refractivity (Wildman–Crippen MR) is 90.7 cm³/mol. The summed E-state index contributed by atoms with van der Waals surface area (Å²) < 4.78 is 10.6. The van der Waals surface area contributed by atoms with Crippen LogP contribution in [-0.2, 0) is 11.3 Å². The van der Waals surface area contributed by atoms with Crippen molar-refractivity contribution in [3.63, 3.8) is 0 Å². The van der Waals surface area contributed by atoms with E-state index in [1.165, 1.54) is 5.56 Å². The highest BCUT2D eigenvalue weighted by Gasteiger charge is 2.21. The molecule has 0 bridgehead atoms. The molecule has 0 atom stereocenters. The third-order valence-corrected chi connectivity index (χ3v) is 4.23. The maximum Gasteiger partial charge on any atom is 0.407 e. The van der Waals surface area contributed by atoms with Crippen LogP contribution in [0.15, 0.2) is 24.3 Å². The molecule has 0 saturated carbocycles. The second-order valence-electron chi connectivity index (χ2n) is 6.00. The first kappa shape index (κ1) is 17.6. The fourth-order valence-electron chi connectivity index (χ4n) is 2.83. The molecule has 1 aromatic rings. The Balaban J connectivity index is 1.72. The molecule has 1 aromatic carbocycles. The van der Waals surface area contributed by atoms with Crippen molar-refractivity contribution in [1.29, 1.82) is 0 Å². The number of nitrogens with one attached hydrogen (secondary N) is 1. The lowest BCUT2D eigenvalue weighted by atomic mass is 10.0. The van der Waals surface area contributed by atoms with E-state index in [0.29, 0.717) is 6.61 Å². The third-order valence-electron chi connectivity index (χ3n) is 4.23. The Morgan fingerprint density at radius 1 is 1.30 bits per heavy atom. The third kappa shape index (κ3) is 5.75. The van der Waals surface area contributed by atoms with E-state index in [1.54, 1.807) is 7.11 Å². The first-order valence-electron chi connectivity index (χ1n) is 8.50. The van der Waals surface area contributed by atoms with Gasteiger partial charge in [-0.05, 0) is 25.3 Å². The summed E-state index contributed by atoms with van der Waals surface area (Å²) in [5, 5.41) is 2.97. The van der Waals surface area contributed by atoms with Crippen LogP contribution in [-0.4, -0.2) is 43.8 Å². The highest BCUT2D eigenvalue weighted by Crippen LogP contribution is 2.21. The molecule has 23 heavy (non-hydrogen) atoms. The lowest BCUT2D eigenvalue weighted by Gasteiger charge is -2.32. The number of amides is 1. The van der Waals surface area contributed by atoms with E-state index in [4.69, 9.17) is 9.47 Å². The molecule has 5 nitrogen and oxygen atoms in total. The number of unbranched alkanes of at least 4 members (excludes halogenated alkanes) is 1. The smallest absolute Gasteiger partial charge is 0.407 e. The summed E-state index contributed by atoms with van der Waals surface area (Å²) in [6.45, 7) is 5.42. The number of hydrogen-bond acceptors (Lipinski definition) is 4. The number of para-hydroxylation sites is 1. The summed E-state index contributed by atoms with van der Waals surface area (Å²) in [7, 11) is 1.71. The van der Waals surface area contributed by atoms with Crippen molar-refractivity contribution in [3.8, 4) is 5.75 Å². The van der Waals surface area contributed by atoms with E-state index < -0.39 is 0 Å². The van der Waals surface area contributed by atoms with Crippen LogP contribution < -0.4 is 10.1 Å². The van der Waals surface area contributed by atoms with E-state index in [1.807, 2.05) is 18.2 Å². The van der Waals surface area contributed by atoms with E-state index in [2.05, 4.69) is 23.2 Å². The number of methoxy groups -OCH3 is 1. The summed E-state index contributed by atoms with van der Waals surface area (Å²) in [6.07, 6.45) is 3.59. The predicted octanol–water partition coefficient (Wildman–Crippen LogP) is 3.19. The normalized spacial score (nSPS) is 16.1. The molecule has 1 saturated heterocycles. The van der Waals surface area contributed by atoms with Gasteiger partial charge < -0.3 is 14.8 Å². The lowest BCUT2D eigenvalue weighted by molar-refractivity contribution is 0.129. The fraction of sp³-hybridized carbons (Fsp3) is 0.611. The van der Waals surface area contributed by atoms with Gasteiger partial charge in [-0.15, -0.1) is 0 Å². The van der Waals surface area contributed by atoms with Crippen LogP contribution in [0.1, 0.15) is 38.2 Å². The number of carbonyl (C=O) groups is 1. The Labute approximate surface area is 139 Å². The van der Waals surface area contributed by atoms with Crippen molar-refractivity contribution in [2.24, 2.45) is 0 Å². The second-order valence-corrected chi connectivity index (χ2v) is 6.00. The maximum absolute atomic E-state index is 11.7. The molecule has 0 unspecified atom stereocenters. The molecule has 0 aliphatic carbocycles. The largest absolute Gasteiger partial charge is 0.496 e. The Bertz CT molecular complexity index is 485. The van der Waals surface area contributed by atoms with Crippen LogP contribution in [0.3, 0.4) is 0 Å². The van der Waals surface area contributed by atoms with Crippen LogP contribution in [0.4, 0.5) is 4.79 Å². The van der Waals surface area contributed by atoms with Crippen LogP contribution >= 0.6 is 0 Å². The first-order valence-corrected chi connectivity index (χ1v) is 8.50. The number of benzene rings is 1. The van der Waals surface area contributed by atoms with Gasteiger partial charge in [0.1, 0.15) is 5.75 Å². The van der Waals surface area contributed by atoms with Gasteiger partial charge in [-0.25, -0.2) is 4.79 Å². The Morgan fingerprint density at radius 3 is 2.74 bits per heavy atom. The van der Waals surface area contributed by atoms with Crippen molar-refractivity contribution in [2.75, 3.05) is 26.8 Å². The average Bonchev–Trinajstić information content (AvgIpc) is 2.57. The topological polar surface area (TPSA) is 50.8 Å².